The topological polar surface area (TPSA) is 19.4 Å². The fourth-order valence-electron chi connectivity index (χ4n) is 14.4. The zero-order valence-electron chi connectivity index (χ0n) is 50.5. The van der Waals surface area contributed by atoms with Crippen molar-refractivity contribution in [1.82, 2.24) is 0 Å². The second kappa shape index (κ2) is 22.8. The fourth-order valence-corrected chi connectivity index (χ4v) is 14.4. The van der Waals surface area contributed by atoms with Crippen LogP contribution in [0.3, 0.4) is 0 Å². The van der Waals surface area contributed by atoms with Gasteiger partial charge in [-0.15, -0.1) is 9.13 Å². The molecule has 5 aromatic heterocycles. The van der Waals surface area contributed by atoms with Gasteiger partial charge in [-0.3, -0.25) is 0 Å². The van der Waals surface area contributed by atoms with Crippen molar-refractivity contribution < 1.29 is 22.8 Å². The Hall–Kier alpha value is -11.3. The Kier molecular flexibility index (Phi) is 13.7. The number of benzene rings is 9. The van der Waals surface area contributed by atoms with Crippen LogP contribution in [-0.2, 0) is 25.3 Å². The van der Waals surface area contributed by atoms with E-state index in [0.29, 0.717) is 0 Å². The van der Waals surface area contributed by atoms with Crippen molar-refractivity contribution in [3.05, 3.63) is 367 Å². The molecular weight excluding hydrogens is 1090 g/mol. The standard InChI is InChI=1S/C29H20N2.2C19H16N.C18H14N/c1-2-10-21(11-3-1)22-16-17-26-24(20-22)28-15-7-9-19-31(28)29(26)25-13-5-4-12-23(25)27-14-6-8-18-30(27)29;1-14-11-19-17-10-6-5-9-16(17)12-20(19)13-18(14)15-7-3-2-4-8-15;1-14-9-10-20-13-17-8-7-16(12-18(17)19(20)11-14)15-5-3-2-4-6-15;1-2-6-14(7-3-1)15-9-10-16-13-19-11-5-4-8-18(19)17(16)12-15/h1-20H;2-11,13H,12H2,1H3;2-12H,13H2,1H3;1-12H,13H2/q+2;3*+1. The third-order valence-electron chi connectivity index (χ3n) is 18.7. The molecule has 0 saturated heterocycles. The van der Waals surface area contributed by atoms with Crippen LogP contribution in [0.1, 0.15) is 38.9 Å². The van der Waals surface area contributed by atoms with Gasteiger partial charge in [0.2, 0.25) is 28.5 Å². The molecule has 5 aliphatic rings. The Morgan fingerprint density at radius 2 is 0.689 bits per heavy atom. The number of fused-ring (bicyclic) bond motifs is 19. The van der Waals surface area contributed by atoms with E-state index in [2.05, 4.69) is 365 Å². The maximum absolute atomic E-state index is 2.45. The molecule has 0 aliphatic carbocycles. The van der Waals surface area contributed by atoms with Crippen molar-refractivity contribution in [1.29, 1.82) is 0 Å². The summed E-state index contributed by atoms with van der Waals surface area (Å²) in [7, 11) is 0. The van der Waals surface area contributed by atoms with Gasteiger partial charge < -0.3 is 0 Å². The van der Waals surface area contributed by atoms with Gasteiger partial charge in [-0.25, -0.2) is 0 Å². The SMILES string of the molecule is Cc1cc2[n+](cc1-c1ccccc1)Cc1ccccc1-2.Cc1cc[n+]2c(c1)-c1cc(-c3ccccc3)ccc1C2.c1ccc(-c2ccc3c(c2)-c2cccc[n+]2C3)cc1.c1ccc(-c2ccc3c(c2)-c2cccc[n+]2C32c3ccccc3-c3cccc[n+]32)cc1. The van der Waals surface area contributed by atoms with Crippen LogP contribution < -0.4 is 22.8 Å². The Balaban J connectivity index is 0.0000000985. The molecule has 9 aromatic carbocycles. The van der Waals surface area contributed by atoms with E-state index < -0.39 is 5.66 Å². The first kappa shape index (κ1) is 54.1. The van der Waals surface area contributed by atoms with E-state index in [9.17, 15) is 0 Å². The number of hydrogen-bond acceptors (Lipinski definition) is 0. The van der Waals surface area contributed by atoms with Gasteiger partial charge >= 0.3 is 5.66 Å². The summed E-state index contributed by atoms with van der Waals surface area (Å²) in [5, 5.41) is 0. The van der Waals surface area contributed by atoms with Crippen molar-refractivity contribution in [2.45, 2.75) is 39.1 Å². The highest BCUT2D eigenvalue weighted by Gasteiger charge is 2.66. The highest BCUT2D eigenvalue weighted by atomic mass is 15.3. The average molecular weight is 1160 g/mol. The molecule has 5 aliphatic heterocycles. The van der Waals surface area contributed by atoms with E-state index in [1.807, 2.05) is 0 Å². The maximum atomic E-state index is 2.45. The Morgan fingerprint density at radius 3 is 1.31 bits per heavy atom. The smallest absolute Gasteiger partial charge is 0.194 e. The molecule has 5 heteroatoms. The fraction of sp³-hybridized carbons (Fsp3) is 0.0706. The van der Waals surface area contributed by atoms with Crippen LogP contribution in [0.2, 0.25) is 0 Å². The predicted octanol–water partition coefficient (Wildman–Crippen LogP) is 16.8. The molecule has 1 atom stereocenters. The number of rotatable bonds is 4. The van der Waals surface area contributed by atoms with E-state index in [1.54, 1.807) is 0 Å². The lowest BCUT2D eigenvalue weighted by Crippen LogP contribution is -2.71. The second-order valence-electron chi connectivity index (χ2n) is 24.1. The molecular formula is C85H66N5+5. The van der Waals surface area contributed by atoms with Gasteiger partial charge in [-0.05, 0) is 125 Å². The average Bonchev–Trinajstić information content (AvgIpc) is 1.51. The molecule has 0 bridgehead atoms. The van der Waals surface area contributed by atoms with Crippen molar-refractivity contribution in [3.63, 3.8) is 0 Å². The second-order valence-corrected chi connectivity index (χ2v) is 24.1. The number of aryl methyl sites for hydroxylation is 2. The van der Waals surface area contributed by atoms with Crippen LogP contribution >= 0.6 is 0 Å². The van der Waals surface area contributed by atoms with Gasteiger partial charge in [0.25, 0.3) is 0 Å². The van der Waals surface area contributed by atoms with Crippen LogP contribution in [-0.4, -0.2) is 0 Å². The maximum Gasteiger partial charge on any atom is 0.417 e. The lowest BCUT2D eigenvalue weighted by molar-refractivity contribution is -0.955. The van der Waals surface area contributed by atoms with E-state index >= 15 is 0 Å². The minimum absolute atomic E-state index is 0.408. The van der Waals surface area contributed by atoms with Gasteiger partial charge in [0.1, 0.15) is 11.1 Å². The summed E-state index contributed by atoms with van der Waals surface area (Å²) in [5.74, 6) is 0. The number of aromatic nitrogens is 5. The first-order valence-corrected chi connectivity index (χ1v) is 31.3. The molecule has 0 radical (unpaired) electrons. The van der Waals surface area contributed by atoms with Crippen LogP contribution in [0.25, 0.3) is 101 Å². The van der Waals surface area contributed by atoms with Gasteiger partial charge in [-0.2, -0.15) is 13.7 Å². The van der Waals surface area contributed by atoms with E-state index in [-0.39, 0.29) is 0 Å². The van der Waals surface area contributed by atoms with Gasteiger partial charge in [0.05, 0.1) is 27.8 Å². The van der Waals surface area contributed by atoms with Crippen molar-refractivity contribution >= 4 is 0 Å². The normalized spacial score (nSPS) is 13.8. The van der Waals surface area contributed by atoms with Crippen LogP contribution in [0.4, 0.5) is 0 Å². The van der Waals surface area contributed by atoms with Crippen LogP contribution in [0.15, 0.2) is 328 Å². The largest absolute Gasteiger partial charge is 0.417 e. The Morgan fingerprint density at radius 1 is 0.256 bits per heavy atom. The number of nitrogens with zero attached hydrogens (tertiary/aromatic N) is 5. The lowest BCUT2D eigenvalue weighted by atomic mass is 9.88. The minimum Gasteiger partial charge on any atom is -0.194 e. The molecule has 90 heavy (non-hydrogen) atoms. The summed E-state index contributed by atoms with van der Waals surface area (Å²) in [6.45, 7) is 7.30. The van der Waals surface area contributed by atoms with Crippen LogP contribution in [0.5, 0.6) is 0 Å². The molecule has 1 unspecified atom stereocenters. The molecule has 0 amide bonds. The zero-order chi connectivity index (χ0) is 60.1. The summed E-state index contributed by atoms with van der Waals surface area (Å²) >= 11 is 0. The zero-order valence-corrected chi connectivity index (χ0v) is 50.5. The monoisotopic (exact) mass is 1160 g/mol. The third kappa shape index (κ3) is 9.46. The van der Waals surface area contributed by atoms with E-state index in [1.165, 1.54) is 140 Å². The van der Waals surface area contributed by atoms with Gasteiger partial charge in [0.15, 0.2) is 50.6 Å². The predicted molar refractivity (Wildman–Crippen MR) is 360 cm³/mol. The molecule has 0 N–H and O–H groups in total. The summed E-state index contributed by atoms with van der Waals surface area (Å²) in [5.41, 5.74) is 32.5. The first-order valence-electron chi connectivity index (χ1n) is 31.3. The Labute approximate surface area is 526 Å². The van der Waals surface area contributed by atoms with Crippen molar-refractivity contribution in [3.8, 4) is 101 Å². The Bertz CT molecular complexity index is 5010. The molecule has 0 fully saturated rings. The van der Waals surface area contributed by atoms with Gasteiger partial charge in [0, 0.05) is 76.9 Å². The molecule has 426 valence electrons. The summed E-state index contributed by atoms with van der Waals surface area (Å²) in [4.78, 5) is 0. The molecule has 0 saturated carbocycles. The summed E-state index contributed by atoms with van der Waals surface area (Å²) < 4.78 is 11.9. The van der Waals surface area contributed by atoms with Gasteiger partial charge in [-0.1, -0.05) is 182 Å². The van der Waals surface area contributed by atoms with Crippen molar-refractivity contribution in [2.75, 3.05) is 0 Å². The number of pyridine rings is 5. The number of hydrogen-bond donors (Lipinski definition) is 0. The molecule has 10 heterocycles. The third-order valence-corrected chi connectivity index (χ3v) is 18.7. The van der Waals surface area contributed by atoms with Crippen LogP contribution in [0, 0.1) is 13.8 Å². The lowest BCUT2D eigenvalue weighted by Gasteiger charge is -2.17. The minimum atomic E-state index is -0.408. The van der Waals surface area contributed by atoms with E-state index in [0.717, 1.165) is 19.6 Å². The highest BCUT2D eigenvalue weighted by molar-refractivity contribution is 5.80. The summed E-state index contributed by atoms with van der Waals surface area (Å²) in [6.07, 6.45) is 11.1. The summed E-state index contributed by atoms with van der Waals surface area (Å²) in [6, 6.07) is 107. The quantitative estimate of drug-likeness (QED) is 0.157. The molecule has 19 rings (SSSR count). The van der Waals surface area contributed by atoms with E-state index in [4.69, 9.17) is 0 Å². The molecule has 14 aromatic rings. The highest BCUT2D eigenvalue weighted by Crippen LogP contribution is 2.48. The molecule has 5 nitrogen and oxygen atoms in total. The molecule has 1 spiro atoms. The first-order chi connectivity index (χ1) is 44.4. The van der Waals surface area contributed by atoms with Crippen molar-refractivity contribution in [2.24, 2.45) is 0 Å².